The van der Waals surface area contributed by atoms with Crippen molar-refractivity contribution in [3.05, 3.63) is 43.0 Å². The third-order valence-corrected chi connectivity index (χ3v) is 4.09. The van der Waals surface area contributed by atoms with Gasteiger partial charge in [0.15, 0.2) is 17.6 Å². The van der Waals surface area contributed by atoms with Gasteiger partial charge >= 0.3 is 6.03 Å². The van der Waals surface area contributed by atoms with Crippen LogP contribution in [0.2, 0.25) is 0 Å². The monoisotopic (exact) mass is 344 g/mol. The number of nitrogens with zero attached hydrogens (tertiary/aromatic N) is 3. The molecule has 0 radical (unpaired) electrons. The normalized spacial score (nSPS) is 15.6. The summed E-state index contributed by atoms with van der Waals surface area (Å²) in [5.74, 6) is 1.49. The number of aryl methyl sites for hydroxylation is 1. The first kappa shape index (κ1) is 17.1. The fourth-order valence-corrected chi connectivity index (χ4v) is 2.74. The van der Waals surface area contributed by atoms with Crippen LogP contribution in [-0.2, 0) is 6.54 Å². The van der Waals surface area contributed by atoms with E-state index in [1.54, 1.807) is 17.4 Å². The number of likely N-dealkylation sites (N-methyl/N-ethyl adjacent to an activating group) is 1. The molecule has 1 aromatic carbocycles. The van der Waals surface area contributed by atoms with E-state index in [-0.39, 0.29) is 12.1 Å². The molecule has 0 saturated heterocycles. The summed E-state index contributed by atoms with van der Waals surface area (Å²) in [5.41, 5.74) is 0. The van der Waals surface area contributed by atoms with E-state index < -0.39 is 0 Å². The van der Waals surface area contributed by atoms with E-state index in [1.165, 1.54) is 0 Å². The molecule has 0 bridgehead atoms. The number of imidazole rings is 1. The molecule has 2 heterocycles. The number of rotatable bonds is 7. The molecule has 1 N–H and O–H groups in total. The Balaban J connectivity index is 1.43. The maximum Gasteiger partial charge on any atom is 0.317 e. The van der Waals surface area contributed by atoms with E-state index in [1.807, 2.05) is 42.0 Å². The molecule has 1 aliphatic rings. The van der Waals surface area contributed by atoms with E-state index in [0.29, 0.717) is 26.2 Å². The van der Waals surface area contributed by atoms with Gasteiger partial charge in [0, 0.05) is 32.0 Å². The third kappa shape index (κ3) is 4.65. The Morgan fingerprint density at radius 3 is 3.00 bits per heavy atom. The lowest BCUT2D eigenvalue weighted by Crippen LogP contribution is -2.47. The zero-order chi connectivity index (χ0) is 17.5. The lowest BCUT2D eigenvalue weighted by molar-refractivity contribution is 0.0675. The Morgan fingerprint density at radius 2 is 2.24 bits per heavy atom. The highest BCUT2D eigenvalue weighted by Crippen LogP contribution is 2.30. The summed E-state index contributed by atoms with van der Waals surface area (Å²) in [6, 6.07) is 7.52. The number of urea groups is 1. The van der Waals surface area contributed by atoms with Crippen LogP contribution in [0.5, 0.6) is 11.5 Å². The summed E-state index contributed by atoms with van der Waals surface area (Å²) in [6.45, 7) is 4.98. The second-order valence-corrected chi connectivity index (χ2v) is 5.92. The first-order chi connectivity index (χ1) is 12.3. The van der Waals surface area contributed by atoms with Crippen molar-refractivity contribution < 1.29 is 14.3 Å². The van der Waals surface area contributed by atoms with Gasteiger partial charge in [-0.15, -0.1) is 0 Å². The second kappa shape index (κ2) is 8.41. The van der Waals surface area contributed by atoms with Crippen LogP contribution in [0.15, 0.2) is 43.0 Å². The fourth-order valence-electron chi connectivity index (χ4n) is 2.74. The topological polar surface area (TPSA) is 68.6 Å². The van der Waals surface area contributed by atoms with E-state index in [0.717, 1.165) is 24.5 Å². The highest BCUT2D eigenvalue weighted by molar-refractivity contribution is 5.74. The molecule has 0 spiro atoms. The van der Waals surface area contributed by atoms with Crippen LogP contribution in [0, 0.1) is 0 Å². The number of aromatic nitrogens is 2. The van der Waals surface area contributed by atoms with Gasteiger partial charge in [-0.05, 0) is 25.5 Å². The van der Waals surface area contributed by atoms with Gasteiger partial charge in [0.25, 0.3) is 0 Å². The number of hydrogen-bond donors (Lipinski definition) is 1. The van der Waals surface area contributed by atoms with Crippen molar-refractivity contribution in [3.8, 4) is 11.5 Å². The van der Waals surface area contributed by atoms with Gasteiger partial charge in [0.1, 0.15) is 6.61 Å². The smallest absolute Gasteiger partial charge is 0.317 e. The van der Waals surface area contributed by atoms with Gasteiger partial charge in [0.2, 0.25) is 0 Å². The standard InChI is InChI=1S/C18H24N4O3/c1-2-22(18(23)20-8-5-10-21-11-9-19-14-21)12-15-13-24-16-6-3-4-7-17(16)25-15/h3-4,6-7,9,11,14-15H,2,5,8,10,12-13H2,1H3,(H,20,23). The maximum absolute atomic E-state index is 12.4. The Bertz CT molecular complexity index is 675. The Hall–Kier alpha value is -2.70. The minimum absolute atomic E-state index is 0.0735. The Labute approximate surface area is 147 Å². The first-order valence-corrected chi connectivity index (χ1v) is 8.63. The molecular weight excluding hydrogens is 320 g/mol. The van der Waals surface area contributed by atoms with Gasteiger partial charge in [0.05, 0.1) is 12.9 Å². The minimum Gasteiger partial charge on any atom is -0.486 e. The van der Waals surface area contributed by atoms with Crippen molar-refractivity contribution >= 4 is 6.03 Å². The zero-order valence-corrected chi connectivity index (χ0v) is 14.4. The highest BCUT2D eigenvalue weighted by Gasteiger charge is 2.24. The van der Waals surface area contributed by atoms with Crippen molar-refractivity contribution in [2.24, 2.45) is 0 Å². The number of carbonyl (C=O) groups is 1. The number of ether oxygens (including phenoxy) is 2. The number of fused-ring (bicyclic) bond motifs is 1. The molecule has 134 valence electrons. The second-order valence-electron chi connectivity index (χ2n) is 5.92. The van der Waals surface area contributed by atoms with Gasteiger partial charge in [-0.2, -0.15) is 0 Å². The third-order valence-electron chi connectivity index (χ3n) is 4.09. The molecule has 0 fully saturated rings. The highest BCUT2D eigenvalue weighted by atomic mass is 16.6. The van der Waals surface area contributed by atoms with E-state index in [4.69, 9.17) is 9.47 Å². The number of amides is 2. The SMILES string of the molecule is CCN(CC1COc2ccccc2O1)C(=O)NCCCn1ccnc1. The van der Waals surface area contributed by atoms with Gasteiger partial charge in [-0.3, -0.25) is 0 Å². The summed E-state index contributed by atoms with van der Waals surface area (Å²) >= 11 is 0. The molecule has 7 nitrogen and oxygen atoms in total. The van der Waals surface area contributed by atoms with Crippen LogP contribution in [0.4, 0.5) is 4.79 Å². The predicted octanol–water partition coefficient (Wildman–Crippen LogP) is 2.14. The van der Waals surface area contributed by atoms with Crippen LogP contribution in [0.3, 0.4) is 0 Å². The lowest BCUT2D eigenvalue weighted by atomic mass is 10.2. The van der Waals surface area contributed by atoms with Crippen LogP contribution in [0.25, 0.3) is 0 Å². The van der Waals surface area contributed by atoms with E-state index >= 15 is 0 Å². The summed E-state index contributed by atoms with van der Waals surface area (Å²) in [5, 5.41) is 2.96. The van der Waals surface area contributed by atoms with E-state index in [2.05, 4.69) is 10.3 Å². The molecule has 0 aliphatic carbocycles. The van der Waals surface area contributed by atoms with Crippen molar-refractivity contribution in [3.63, 3.8) is 0 Å². The van der Waals surface area contributed by atoms with Crippen LogP contribution in [-0.4, -0.2) is 52.8 Å². The molecule has 1 atom stereocenters. The predicted molar refractivity (Wildman–Crippen MR) is 93.8 cm³/mol. The van der Waals surface area contributed by atoms with E-state index in [9.17, 15) is 4.79 Å². The van der Waals surface area contributed by atoms with Gasteiger partial charge in [-0.1, -0.05) is 12.1 Å². The summed E-state index contributed by atoms with van der Waals surface area (Å²) in [6.07, 6.45) is 6.14. The van der Waals surface area contributed by atoms with Gasteiger partial charge in [-0.25, -0.2) is 9.78 Å². The van der Waals surface area contributed by atoms with Crippen LogP contribution in [0.1, 0.15) is 13.3 Å². The number of carbonyl (C=O) groups excluding carboxylic acids is 1. The average molecular weight is 344 g/mol. The number of hydrogen-bond acceptors (Lipinski definition) is 4. The van der Waals surface area contributed by atoms with Gasteiger partial charge < -0.3 is 24.3 Å². The summed E-state index contributed by atoms with van der Waals surface area (Å²) < 4.78 is 13.6. The molecule has 1 unspecified atom stereocenters. The molecule has 1 aromatic heterocycles. The molecule has 1 aliphatic heterocycles. The van der Waals surface area contributed by atoms with Crippen LogP contribution >= 0.6 is 0 Å². The fraction of sp³-hybridized carbons (Fsp3) is 0.444. The molecular formula is C18H24N4O3. The first-order valence-electron chi connectivity index (χ1n) is 8.63. The van der Waals surface area contributed by atoms with Crippen LogP contribution < -0.4 is 14.8 Å². The molecule has 7 heteroatoms. The maximum atomic E-state index is 12.4. The Morgan fingerprint density at radius 1 is 1.40 bits per heavy atom. The molecule has 2 amide bonds. The zero-order valence-electron chi connectivity index (χ0n) is 14.4. The summed E-state index contributed by atoms with van der Waals surface area (Å²) in [4.78, 5) is 18.1. The molecule has 0 saturated carbocycles. The number of para-hydroxylation sites is 2. The largest absolute Gasteiger partial charge is 0.486 e. The lowest BCUT2D eigenvalue weighted by Gasteiger charge is -2.31. The average Bonchev–Trinajstić information content (AvgIpc) is 3.16. The molecule has 25 heavy (non-hydrogen) atoms. The molecule has 3 rings (SSSR count). The van der Waals surface area contributed by atoms with Crippen molar-refractivity contribution in [2.45, 2.75) is 26.0 Å². The van der Waals surface area contributed by atoms with Crippen molar-refractivity contribution in [1.29, 1.82) is 0 Å². The number of nitrogens with one attached hydrogen (secondary N) is 1. The minimum atomic E-state index is -0.161. The molecule has 2 aromatic rings. The number of benzene rings is 1. The quantitative estimate of drug-likeness (QED) is 0.782. The Kier molecular flexibility index (Phi) is 5.77. The van der Waals surface area contributed by atoms with Crippen molar-refractivity contribution in [1.82, 2.24) is 19.8 Å². The van der Waals surface area contributed by atoms with Crippen molar-refractivity contribution in [2.75, 3.05) is 26.2 Å². The summed E-state index contributed by atoms with van der Waals surface area (Å²) in [7, 11) is 0.